The Morgan fingerprint density at radius 2 is 1.48 bits per heavy atom. The number of aromatic nitrogens is 6. The van der Waals surface area contributed by atoms with Crippen LogP contribution in [0, 0.1) is 43.4 Å². The van der Waals surface area contributed by atoms with Crippen LogP contribution < -0.4 is 69.4 Å². The quantitative estimate of drug-likeness (QED) is 0.00487. The molecule has 3 aliphatic heterocycles. The van der Waals surface area contributed by atoms with Gasteiger partial charge in [-0.1, -0.05) is 60.9 Å². The van der Waals surface area contributed by atoms with Crippen molar-refractivity contribution in [3.05, 3.63) is 132 Å². The fourth-order valence-corrected chi connectivity index (χ4v) is 18.0. The van der Waals surface area contributed by atoms with E-state index in [4.69, 9.17) is 48.4 Å². The number of alkyl carbamates (subject to hydrolysis) is 1. The van der Waals surface area contributed by atoms with E-state index in [0.717, 1.165) is 45.1 Å². The lowest BCUT2D eigenvalue weighted by Gasteiger charge is -2.24. The molecule has 15 N–H and O–H groups in total. The Morgan fingerprint density at radius 1 is 0.787 bits per heavy atom. The number of carboxylic acids is 1. The number of carbonyl (C=O) groups is 11. The van der Waals surface area contributed by atoms with Gasteiger partial charge in [0.1, 0.15) is 30.7 Å². The standard InChI is InChI=1S/C81H100Cl2N18O18S3/c1-9-51-41(3)53-35-58-65(45(7)102)43(5)55(93-58)33-54-42(4)52(69(96-54)67-68(79(113)118-8)72(106)66-44(6)56(97-70(66)67)34-57(51)92-53)19-21-63(104)94-59(32-46-11-17-50(18-12-46)101(27-22-82)28-23-83)75(108)86-24-25-87-81(114)119-29-30-120-121-39-61(78(111)112)98-76(109)60(36-64(105)85-26-31-122(115,116)117)95-62(103)20-10-40(2)90-74(107)47-13-15-48(16-14-47)88-37-49-38-89-73-71(91-49)77(110)100-80(84)99-73/h11-18,33,35,38,40-42,51-52,57,59-61,68,88,93,97H,9-10,19-32,34,36-37,39H2,1-8H3,(H,85,105)(H,86,108)(H,87,114)(H,90,107)(H,94,104)(H,95,103)(H,98,109)(H,111,112)(H,115,116,117)(H3,84,89,99,100,110)/b55-33-,58-35-,69-67-/t40-,41-,42+,51-,52+,57?,59?,60+,61+,68?/m1/s1. The summed E-state index contributed by atoms with van der Waals surface area (Å²) in [7, 11) is -1.22. The van der Waals surface area contributed by atoms with Crippen molar-refractivity contribution in [2.45, 2.75) is 137 Å². The summed E-state index contributed by atoms with van der Waals surface area (Å²) in [6.45, 7) is 13.3. The molecule has 8 bridgehead atoms. The molecule has 10 atom stereocenters. The van der Waals surface area contributed by atoms with Gasteiger partial charge in [0.25, 0.3) is 21.6 Å². The molecule has 3 unspecified atom stereocenters. The molecule has 1 aliphatic carbocycles. The van der Waals surface area contributed by atoms with Crippen LogP contribution in [0.5, 0.6) is 0 Å². The summed E-state index contributed by atoms with van der Waals surface area (Å²) in [5, 5.41) is 32.6. The van der Waals surface area contributed by atoms with E-state index in [1.807, 2.05) is 62.1 Å². The average Bonchev–Trinajstić information content (AvgIpc) is 1.56. The fraction of sp³-hybridized carbons (Fsp3) is 0.469. The normalized spacial score (nSPS) is 19.2. The van der Waals surface area contributed by atoms with Gasteiger partial charge in [0.15, 0.2) is 22.7 Å². The summed E-state index contributed by atoms with van der Waals surface area (Å²) in [5.41, 5.74) is 13.6. The van der Waals surface area contributed by atoms with Gasteiger partial charge in [-0.2, -0.15) is 13.4 Å². The topological polar surface area (TPSA) is 534 Å². The van der Waals surface area contributed by atoms with Crippen LogP contribution in [0.2, 0.25) is 0 Å². The summed E-state index contributed by atoms with van der Waals surface area (Å²) >= 11 is 12.3. The number of anilines is 3. The number of nitrogens with two attached hydrogens (primary N) is 1. The van der Waals surface area contributed by atoms with Crippen molar-refractivity contribution in [3.63, 3.8) is 0 Å². The Bertz CT molecular complexity index is 5380. The second-order valence-electron chi connectivity index (χ2n) is 30.1. The molecule has 0 radical (unpaired) electrons. The number of aromatic amines is 3. The molecule has 6 aromatic rings. The number of nitrogens with zero attached hydrogens (tertiary/aromatic N) is 6. The van der Waals surface area contributed by atoms with E-state index in [0.29, 0.717) is 104 Å². The van der Waals surface area contributed by atoms with Crippen LogP contribution in [0.25, 0.3) is 28.9 Å². The monoisotopic (exact) mass is 1780 g/mol. The number of alkyl halides is 2. The number of allylic oxidation sites excluding steroid dienone is 1. The number of carbonyl (C=O) groups excluding carboxylic acids is 10. The van der Waals surface area contributed by atoms with E-state index in [9.17, 15) is 75.6 Å². The van der Waals surface area contributed by atoms with Crippen LogP contribution in [-0.2, 0) is 72.5 Å². The molecule has 4 aromatic heterocycles. The number of aliphatic carboxylic acids is 1. The number of ether oxygens (including phenoxy) is 2. The highest BCUT2D eigenvalue weighted by atomic mass is 35.5. The first kappa shape index (κ1) is 93.3. The van der Waals surface area contributed by atoms with E-state index in [-0.39, 0.29) is 116 Å². The van der Waals surface area contributed by atoms with E-state index >= 15 is 0 Å². The number of Topliss-reactive ketones (excluding diaryl/α,β-unsaturated/α-hetero) is 2. The second kappa shape index (κ2) is 42.7. The number of amides is 7. The molecule has 10 rings (SSSR count). The van der Waals surface area contributed by atoms with E-state index < -0.39 is 136 Å². The number of hydrogen-bond donors (Lipinski definition) is 14. The minimum Gasteiger partial charge on any atom is -0.480 e. The maximum Gasteiger partial charge on any atom is 0.407 e. The first-order chi connectivity index (χ1) is 58.2. The van der Waals surface area contributed by atoms with Crippen LogP contribution in [0.1, 0.15) is 138 Å². The molecule has 0 spiro atoms. The van der Waals surface area contributed by atoms with Crippen LogP contribution in [-0.4, -0.2) is 230 Å². The lowest BCUT2D eigenvalue weighted by Crippen LogP contribution is -2.53. The minimum atomic E-state index is -4.50. The number of nitrogens with one attached hydrogen (secondary N) is 11. The first-order valence-electron chi connectivity index (χ1n) is 39.7. The molecule has 7 amide bonds. The summed E-state index contributed by atoms with van der Waals surface area (Å²) < 4.78 is 42.5. The third-order valence-electron chi connectivity index (χ3n) is 21.7. The van der Waals surface area contributed by atoms with Gasteiger partial charge in [0.2, 0.25) is 35.5 Å². The van der Waals surface area contributed by atoms with Gasteiger partial charge >= 0.3 is 18.0 Å². The number of rotatable bonds is 41. The van der Waals surface area contributed by atoms with Crippen LogP contribution in [0.3, 0.4) is 0 Å². The Balaban J connectivity index is 0.728. The number of esters is 1. The van der Waals surface area contributed by atoms with Crippen molar-refractivity contribution < 1.29 is 80.3 Å². The number of nitrogen functional groups attached to an aromatic ring is 1. The van der Waals surface area contributed by atoms with Crippen LogP contribution in [0.4, 0.5) is 22.1 Å². The predicted octanol–water partition coefficient (Wildman–Crippen LogP) is 4.15. The van der Waals surface area contributed by atoms with Crippen molar-refractivity contribution in [2.24, 2.45) is 39.6 Å². The lowest BCUT2D eigenvalue weighted by molar-refractivity contribution is -0.142. The van der Waals surface area contributed by atoms with Gasteiger partial charge in [-0.05, 0) is 112 Å². The summed E-state index contributed by atoms with van der Waals surface area (Å²) in [6.07, 6.45) is 4.62. The molecule has 4 aliphatic rings. The van der Waals surface area contributed by atoms with Crippen molar-refractivity contribution >= 4 is 178 Å². The zero-order chi connectivity index (χ0) is 88.4. The lowest BCUT2D eigenvalue weighted by atomic mass is 9.83. The number of carboxylic acid groups (broad SMARTS) is 1. The van der Waals surface area contributed by atoms with E-state index in [1.54, 1.807) is 31.2 Å². The number of methoxy groups -OCH3 is 1. The zero-order valence-electron chi connectivity index (χ0n) is 68.4. The zero-order valence-corrected chi connectivity index (χ0v) is 72.4. The number of halogens is 2. The minimum absolute atomic E-state index is 0.00868. The maximum absolute atomic E-state index is 14.8. The molecule has 654 valence electrons. The van der Waals surface area contributed by atoms with Gasteiger partial charge in [-0.3, -0.25) is 67.5 Å². The first-order valence-corrected chi connectivity index (χ1v) is 44.9. The molecule has 0 saturated carbocycles. The number of benzene rings is 2. The van der Waals surface area contributed by atoms with Crippen molar-refractivity contribution in [3.8, 4) is 0 Å². The van der Waals surface area contributed by atoms with Crippen molar-refractivity contribution in [1.82, 2.24) is 67.1 Å². The highest BCUT2D eigenvalue weighted by Gasteiger charge is 2.49. The molecule has 41 heteroatoms. The van der Waals surface area contributed by atoms with Crippen molar-refractivity contribution in [1.29, 1.82) is 0 Å². The maximum atomic E-state index is 14.8. The SMILES string of the molecule is CC[C@H]1C2Cc3[nH]c4c(c3C)C(=O)C(C(=O)OC)/C4=C3N=C(/C=c4\[nH]/c(c(C(C)=O)c4C)=C\C(=N2)[C@@H]1C)[C@@H](C)[C@@H]/3CCC(=O)NC(Cc1ccc(N(CCCl)CCCl)cc1)C(=O)NCCNC(=O)OCCSSC[C@H](NC(=O)[C@H](CC(=O)NCCS(=O)(=O)O)NC(=O)CC[C@@H](C)NC(=O)c1ccc(NCc2cnc3nc(N)[nH]c(=O)c3n2)cc1)C(=O)O. The largest absolute Gasteiger partial charge is 0.480 e. The van der Waals surface area contributed by atoms with Crippen molar-refractivity contribution in [2.75, 3.05) is 91.4 Å². The van der Waals surface area contributed by atoms with Gasteiger partial charge in [0, 0.05) is 162 Å². The predicted molar refractivity (Wildman–Crippen MR) is 464 cm³/mol. The smallest absolute Gasteiger partial charge is 0.407 e. The van der Waals surface area contributed by atoms with Crippen LogP contribution >= 0.6 is 44.8 Å². The molecule has 2 aromatic carbocycles. The highest BCUT2D eigenvalue weighted by molar-refractivity contribution is 8.76. The highest BCUT2D eigenvalue weighted by Crippen LogP contribution is 2.49. The third kappa shape index (κ3) is 24.0. The Labute approximate surface area is 720 Å². The molecular formula is C81H100Cl2N18O18S3. The van der Waals surface area contributed by atoms with Gasteiger partial charge in [-0.25, -0.2) is 19.6 Å². The Kier molecular flexibility index (Phi) is 32.6. The Hall–Kier alpha value is -11.0. The molecule has 122 heavy (non-hydrogen) atoms. The average molecular weight is 1780 g/mol. The molecule has 0 saturated heterocycles. The Morgan fingerprint density at radius 3 is 2.16 bits per heavy atom. The number of H-pyrrole nitrogens is 3. The number of fused-ring (bicyclic) bond motifs is 6. The van der Waals surface area contributed by atoms with Gasteiger partial charge in [-0.15, -0.1) is 23.2 Å². The number of aliphatic imine (C=N–C) groups is 2. The summed E-state index contributed by atoms with van der Waals surface area (Å²) in [6, 6.07) is 8.50. The molecule has 36 nitrogen and oxygen atoms in total. The molecule has 7 heterocycles. The third-order valence-corrected chi connectivity index (χ3v) is 25.1. The van der Waals surface area contributed by atoms with Gasteiger partial charge in [0.05, 0.1) is 60.5 Å². The molecular weight excluding hydrogens is 1680 g/mol. The number of hydrogen-bond acceptors (Lipinski definition) is 26. The second-order valence-corrected chi connectivity index (χ2v) is 35.0. The van der Waals surface area contributed by atoms with E-state index in [2.05, 4.69) is 86.3 Å². The van der Waals surface area contributed by atoms with Gasteiger partial charge < -0.3 is 77.7 Å². The van der Waals surface area contributed by atoms with Crippen LogP contribution in [0.15, 0.2) is 75.2 Å². The summed E-state index contributed by atoms with van der Waals surface area (Å²) in [4.78, 5) is 197. The number of ketones is 2. The molecule has 0 fully saturated rings. The summed E-state index contributed by atoms with van der Waals surface area (Å²) in [5.74, 6) is -9.89. The fourth-order valence-electron chi connectivity index (χ4n) is 15.3. The van der Waals surface area contributed by atoms with E-state index in [1.165, 1.54) is 20.2 Å².